The largest absolute Gasteiger partial charge is 0.331 e. The Hall–Kier alpha value is -2.76. The molecule has 0 aliphatic heterocycles. The lowest BCUT2D eigenvalue weighted by Crippen LogP contribution is -2.33. The van der Waals surface area contributed by atoms with Crippen LogP contribution in [-0.4, -0.2) is 26.8 Å². The minimum atomic E-state index is -0.449. The maximum Gasteiger partial charge on any atom is 0.269 e. The molecule has 1 saturated carbocycles. The van der Waals surface area contributed by atoms with Crippen LogP contribution in [0, 0.1) is 17.0 Å². The van der Waals surface area contributed by atoms with Crippen LogP contribution in [0.15, 0.2) is 42.7 Å². The van der Waals surface area contributed by atoms with Crippen LogP contribution >= 0.6 is 0 Å². The van der Waals surface area contributed by atoms with Gasteiger partial charge in [-0.1, -0.05) is 6.07 Å². The smallest absolute Gasteiger partial charge is 0.269 e. The zero-order valence-corrected chi connectivity index (χ0v) is 12.8. The number of nitro benzene ring substituents is 1. The second-order valence-corrected chi connectivity index (χ2v) is 5.78. The van der Waals surface area contributed by atoms with Crippen molar-refractivity contribution in [2.24, 2.45) is 0 Å². The Morgan fingerprint density at radius 3 is 2.74 bits per heavy atom. The molecule has 0 spiro atoms. The topological polar surface area (TPSA) is 76.3 Å². The molecule has 3 rings (SSSR count). The standard InChI is InChI=1S/C17H17N3O3/c1-12-9-15(20(22)23)6-7-16(12)17(21)19(14-4-5-14)11-13-3-2-8-18-10-13/h2-3,6-10,14H,4-5,11H2,1H3. The fourth-order valence-corrected chi connectivity index (χ4v) is 2.60. The number of aromatic nitrogens is 1. The summed E-state index contributed by atoms with van der Waals surface area (Å²) >= 11 is 0. The van der Waals surface area contributed by atoms with E-state index in [0.29, 0.717) is 17.7 Å². The minimum absolute atomic E-state index is 0.00396. The van der Waals surface area contributed by atoms with Crippen LogP contribution in [0.2, 0.25) is 0 Å². The minimum Gasteiger partial charge on any atom is -0.331 e. The van der Waals surface area contributed by atoms with Crippen molar-refractivity contribution in [3.8, 4) is 0 Å². The number of carbonyl (C=O) groups excluding carboxylic acids is 1. The van der Waals surface area contributed by atoms with E-state index in [0.717, 1.165) is 18.4 Å². The van der Waals surface area contributed by atoms with Crippen molar-refractivity contribution < 1.29 is 9.72 Å². The van der Waals surface area contributed by atoms with Gasteiger partial charge in [0, 0.05) is 42.7 Å². The molecule has 1 fully saturated rings. The highest BCUT2D eigenvalue weighted by atomic mass is 16.6. The third kappa shape index (κ3) is 3.36. The van der Waals surface area contributed by atoms with E-state index in [4.69, 9.17) is 0 Å². The Balaban J connectivity index is 1.85. The molecule has 6 heteroatoms. The number of rotatable bonds is 5. The molecule has 0 unspecified atom stereocenters. The van der Waals surface area contributed by atoms with Crippen LogP contribution in [0.25, 0.3) is 0 Å². The van der Waals surface area contributed by atoms with Crippen molar-refractivity contribution in [3.05, 3.63) is 69.5 Å². The second-order valence-electron chi connectivity index (χ2n) is 5.78. The maximum absolute atomic E-state index is 12.9. The Bertz CT molecular complexity index is 742. The number of nitro groups is 1. The van der Waals surface area contributed by atoms with E-state index in [1.165, 1.54) is 12.1 Å². The molecular weight excluding hydrogens is 294 g/mol. The highest BCUT2D eigenvalue weighted by molar-refractivity contribution is 5.96. The fourth-order valence-electron chi connectivity index (χ4n) is 2.60. The fraction of sp³-hybridized carbons (Fsp3) is 0.294. The molecule has 1 aliphatic rings. The Morgan fingerprint density at radius 2 is 2.17 bits per heavy atom. The van der Waals surface area contributed by atoms with Gasteiger partial charge in [-0.25, -0.2) is 0 Å². The SMILES string of the molecule is Cc1cc([N+](=O)[O-])ccc1C(=O)N(Cc1cccnc1)C1CC1. The second kappa shape index (κ2) is 6.16. The summed E-state index contributed by atoms with van der Waals surface area (Å²) in [6.07, 6.45) is 5.45. The van der Waals surface area contributed by atoms with Gasteiger partial charge in [-0.2, -0.15) is 0 Å². The maximum atomic E-state index is 12.9. The van der Waals surface area contributed by atoms with Gasteiger partial charge in [0.15, 0.2) is 0 Å². The summed E-state index contributed by atoms with van der Waals surface area (Å²) < 4.78 is 0. The van der Waals surface area contributed by atoms with E-state index < -0.39 is 4.92 Å². The average Bonchev–Trinajstić information content (AvgIpc) is 3.37. The zero-order chi connectivity index (χ0) is 16.4. The van der Waals surface area contributed by atoms with E-state index in [-0.39, 0.29) is 17.6 Å². The number of benzene rings is 1. The first-order chi connectivity index (χ1) is 11.1. The van der Waals surface area contributed by atoms with Crippen molar-refractivity contribution in [1.82, 2.24) is 9.88 Å². The number of hydrogen-bond donors (Lipinski definition) is 0. The number of hydrogen-bond acceptors (Lipinski definition) is 4. The third-order valence-electron chi connectivity index (χ3n) is 3.98. The lowest BCUT2D eigenvalue weighted by molar-refractivity contribution is -0.384. The number of amides is 1. The normalized spacial score (nSPS) is 13.6. The Labute approximate surface area is 133 Å². The molecule has 23 heavy (non-hydrogen) atoms. The van der Waals surface area contributed by atoms with Crippen LogP contribution in [0.4, 0.5) is 5.69 Å². The monoisotopic (exact) mass is 311 g/mol. The Kier molecular flexibility index (Phi) is 4.06. The number of nitrogens with zero attached hydrogens (tertiary/aromatic N) is 3. The zero-order valence-electron chi connectivity index (χ0n) is 12.8. The first-order valence-electron chi connectivity index (χ1n) is 7.51. The molecule has 2 aromatic rings. The summed E-state index contributed by atoms with van der Waals surface area (Å²) in [6, 6.07) is 8.42. The van der Waals surface area contributed by atoms with Gasteiger partial charge in [-0.3, -0.25) is 19.9 Å². The predicted molar refractivity (Wildman–Crippen MR) is 85.0 cm³/mol. The van der Waals surface area contributed by atoms with Crippen molar-refractivity contribution in [2.75, 3.05) is 0 Å². The van der Waals surface area contributed by atoms with Gasteiger partial charge in [-0.05, 0) is 43.0 Å². The van der Waals surface area contributed by atoms with Gasteiger partial charge in [0.2, 0.25) is 0 Å². The molecule has 1 aliphatic carbocycles. The molecule has 0 bridgehead atoms. The molecule has 118 valence electrons. The van der Waals surface area contributed by atoms with Gasteiger partial charge in [-0.15, -0.1) is 0 Å². The van der Waals surface area contributed by atoms with E-state index in [1.807, 2.05) is 17.0 Å². The van der Waals surface area contributed by atoms with Gasteiger partial charge in [0.25, 0.3) is 11.6 Å². The van der Waals surface area contributed by atoms with Crippen LogP contribution in [0.5, 0.6) is 0 Å². The molecule has 0 atom stereocenters. The molecule has 1 amide bonds. The van der Waals surface area contributed by atoms with Crippen molar-refractivity contribution in [2.45, 2.75) is 32.4 Å². The molecule has 0 radical (unpaired) electrons. The highest BCUT2D eigenvalue weighted by Gasteiger charge is 2.33. The average molecular weight is 311 g/mol. The van der Waals surface area contributed by atoms with Crippen molar-refractivity contribution in [1.29, 1.82) is 0 Å². The predicted octanol–water partition coefficient (Wildman–Crippen LogP) is 3.10. The van der Waals surface area contributed by atoms with Crippen LogP contribution in [0.1, 0.15) is 34.3 Å². The summed E-state index contributed by atoms with van der Waals surface area (Å²) in [7, 11) is 0. The van der Waals surface area contributed by atoms with Gasteiger partial charge < -0.3 is 4.90 Å². The third-order valence-corrected chi connectivity index (χ3v) is 3.98. The van der Waals surface area contributed by atoms with Crippen LogP contribution < -0.4 is 0 Å². The summed E-state index contributed by atoms with van der Waals surface area (Å²) in [5.74, 6) is -0.0799. The number of aryl methyl sites for hydroxylation is 1. The van der Waals surface area contributed by atoms with Crippen molar-refractivity contribution in [3.63, 3.8) is 0 Å². The summed E-state index contributed by atoms with van der Waals surface area (Å²) in [5.41, 5.74) is 2.13. The first-order valence-corrected chi connectivity index (χ1v) is 7.51. The lowest BCUT2D eigenvalue weighted by atomic mass is 10.1. The van der Waals surface area contributed by atoms with Gasteiger partial charge in [0.05, 0.1) is 4.92 Å². The van der Waals surface area contributed by atoms with Gasteiger partial charge >= 0.3 is 0 Å². The van der Waals surface area contributed by atoms with E-state index in [9.17, 15) is 14.9 Å². The van der Waals surface area contributed by atoms with Crippen LogP contribution in [0.3, 0.4) is 0 Å². The Morgan fingerprint density at radius 1 is 1.39 bits per heavy atom. The van der Waals surface area contributed by atoms with E-state index in [2.05, 4.69) is 4.98 Å². The quantitative estimate of drug-likeness (QED) is 0.628. The summed E-state index contributed by atoms with van der Waals surface area (Å²) in [5, 5.41) is 10.8. The molecule has 1 aromatic carbocycles. The number of non-ortho nitro benzene ring substituents is 1. The molecule has 1 aromatic heterocycles. The molecule has 0 N–H and O–H groups in total. The lowest BCUT2D eigenvalue weighted by Gasteiger charge is -2.23. The first kappa shape index (κ1) is 15.1. The molecule has 0 saturated heterocycles. The number of carbonyl (C=O) groups is 1. The summed E-state index contributed by atoms with van der Waals surface area (Å²) in [4.78, 5) is 29.2. The molecular formula is C17H17N3O3. The molecule has 1 heterocycles. The molecule has 6 nitrogen and oxygen atoms in total. The van der Waals surface area contributed by atoms with Gasteiger partial charge in [0.1, 0.15) is 0 Å². The van der Waals surface area contributed by atoms with Crippen LogP contribution in [-0.2, 0) is 6.54 Å². The summed E-state index contributed by atoms with van der Waals surface area (Å²) in [6.45, 7) is 2.24. The van der Waals surface area contributed by atoms with E-state index in [1.54, 1.807) is 25.4 Å². The highest BCUT2D eigenvalue weighted by Crippen LogP contribution is 2.30. The number of pyridine rings is 1. The van der Waals surface area contributed by atoms with Crippen molar-refractivity contribution >= 4 is 11.6 Å². The van der Waals surface area contributed by atoms with E-state index >= 15 is 0 Å².